The minimum Gasteiger partial charge on any atom is -0.493 e. The molecule has 0 aliphatic rings. The van der Waals surface area contributed by atoms with Crippen LogP contribution in [0.2, 0.25) is 0 Å². The van der Waals surface area contributed by atoms with E-state index in [1.165, 1.54) is 0 Å². The molecular formula is C27H38N2O4. The second-order valence-electron chi connectivity index (χ2n) is 8.44. The van der Waals surface area contributed by atoms with Crippen molar-refractivity contribution in [3.8, 4) is 11.5 Å². The summed E-state index contributed by atoms with van der Waals surface area (Å²) < 4.78 is 10.7. The minimum absolute atomic E-state index is 0.0440. The molecule has 0 heterocycles. The second kappa shape index (κ2) is 12.9. The van der Waals surface area contributed by atoms with E-state index in [1.807, 2.05) is 64.1 Å². The molecule has 0 spiro atoms. The average molecular weight is 455 g/mol. The second-order valence-corrected chi connectivity index (χ2v) is 8.44. The van der Waals surface area contributed by atoms with Gasteiger partial charge in [-0.15, -0.1) is 0 Å². The van der Waals surface area contributed by atoms with Gasteiger partial charge in [0.25, 0.3) is 0 Å². The van der Waals surface area contributed by atoms with Gasteiger partial charge in [-0.1, -0.05) is 49.7 Å². The van der Waals surface area contributed by atoms with Gasteiger partial charge in [-0.05, 0) is 56.4 Å². The molecule has 2 rings (SSSR count). The van der Waals surface area contributed by atoms with Crippen LogP contribution in [0.15, 0.2) is 42.5 Å². The Balaban J connectivity index is 2.23. The van der Waals surface area contributed by atoms with Crippen LogP contribution >= 0.6 is 0 Å². The van der Waals surface area contributed by atoms with Crippen molar-refractivity contribution >= 4 is 11.8 Å². The van der Waals surface area contributed by atoms with Gasteiger partial charge in [-0.3, -0.25) is 9.59 Å². The Morgan fingerprint density at radius 1 is 0.970 bits per heavy atom. The topological polar surface area (TPSA) is 67.9 Å². The number of nitrogens with zero attached hydrogens (tertiary/aromatic N) is 1. The van der Waals surface area contributed by atoms with E-state index >= 15 is 0 Å². The van der Waals surface area contributed by atoms with Gasteiger partial charge >= 0.3 is 0 Å². The first-order chi connectivity index (χ1) is 15.8. The fourth-order valence-corrected chi connectivity index (χ4v) is 3.80. The first-order valence-corrected chi connectivity index (χ1v) is 11.7. The third-order valence-corrected chi connectivity index (χ3v) is 5.90. The van der Waals surface area contributed by atoms with Gasteiger partial charge in [0.05, 0.1) is 14.2 Å². The van der Waals surface area contributed by atoms with E-state index in [0.717, 1.165) is 23.1 Å². The van der Waals surface area contributed by atoms with Gasteiger partial charge in [-0.25, -0.2) is 0 Å². The number of methoxy groups -OCH3 is 2. The summed E-state index contributed by atoms with van der Waals surface area (Å²) in [6, 6.07) is 13.3. The van der Waals surface area contributed by atoms with Crippen molar-refractivity contribution in [3.63, 3.8) is 0 Å². The zero-order valence-corrected chi connectivity index (χ0v) is 20.8. The Morgan fingerprint density at radius 3 is 2.30 bits per heavy atom. The Hall–Kier alpha value is -3.02. The van der Waals surface area contributed by atoms with Crippen LogP contribution in [-0.4, -0.2) is 43.0 Å². The van der Waals surface area contributed by atoms with Gasteiger partial charge in [-0.2, -0.15) is 0 Å². The van der Waals surface area contributed by atoms with Crippen LogP contribution in [0, 0.1) is 6.92 Å². The number of amides is 2. The summed E-state index contributed by atoms with van der Waals surface area (Å²) in [5, 5.41) is 3.05. The molecule has 0 aliphatic heterocycles. The van der Waals surface area contributed by atoms with Crippen LogP contribution < -0.4 is 14.8 Å². The molecule has 2 atom stereocenters. The quantitative estimate of drug-likeness (QED) is 0.506. The maximum absolute atomic E-state index is 13.4. The van der Waals surface area contributed by atoms with Gasteiger partial charge in [0.1, 0.15) is 6.04 Å². The van der Waals surface area contributed by atoms with E-state index in [1.54, 1.807) is 19.1 Å². The fraction of sp³-hybridized carbons (Fsp3) is 0.481. The Morgan fingerprint density at radius 2 is 1.70 bits per heavy atom. The summed E-state index contributed by atoms with van der Waals surface area (Å²) in [4.78, 5) is 28.2. The molecule has 33 heavy (non-hydrogen) atoms. The van der Waals surface area contributed by atoms with Crippen LogP contribution in [-0.2, 0) is 22.6 Å². The zero-order valence-electron chi connectivity index (χ0n) is 20.8. The highest BCUT2D eigenvalue weighted by Gasteiger charge is 2.29. The Labute approximate surface area is 198 Å². The van der Waals surface area contributed by atoms with Crippen molar-refractivity contribution in [2.45, 2.75) is 72.0 Å². The number of carbonyl (C=O) groups is 2. The molecule has 180 valence electrons. The number of hydrogen-bond acceptors (Lipinski definition) is 4. The van der Waals surface area contributed by atoms with Crippen LogP contribution in [0.5, 0.6) is 11.5 Å². The third-order valence-electron chi connectivity index (χ3n) is 5.90. The summed E-state index contributed by atoms with van der Waals surface area (Å²) in [5.41, 5.74) is 3.13. The maximum Gasteiger partial charge on any atom is 0.243 e. The molecule has 1 N–H and O–H groups in total. The van der Waals surface area contributed by atoms with Crippen LogP contribution in [0.4, 0.5) is 0 Å². The summed E-state index contributed by atoms with van der Waals surface area (Å²) in [5.74, 6) is 1.15. The smallest absolute Gasteiger partial charge is 0.243 e. The predicted octanol–water partition coefficient (Wildman–Crippen LogP) is 4.67. The number of benzene rings is 2. The average Bonchev–Trinajstić information content (AvgIpc) is 2.81. The molecule has 2 amide bonds. The highest BCUT2D eigenvalue weighted by Crippen LogP contribution is 2.28. The maximum atomic E-state index is 13.4. The van der Waals surface area contributed by atoms with Gasteiger partial charge in [0.15, 0.2) is 11.5 Å². The molecule has 0 aromatic heterocycles. The van der Waals surface area contributed by atoms with Crippen molar-refractivity contribution in [2.75, 3.05) is 14.2 Å². The first-order valence-electron chi connectivity index (χ1n) is 11.7. The largest absolute Gasteiger partial charge is 0.493 e. The van der Waals surface area contributed by atoms with Gasteiger partial charge in [0.2, 0.25) is 11.8 Å². The highest BCUT2D eigenvalue weighted by molar-refractivity contribution is 5.88. The van der Waals surface area contributed by atoms with E-state index in [2.05, 4.69) is 11.4 Å². The summed E-state index contributed by atoms with van der Waals surface area (Å²) >= 11 is 0. The van der Waals surface area contributed by atoms with Crippen LogP contribution in [0.1, 0.15) is 56.7 Å². The highest BCUT2D eigenvalue weighted by atomic mass is 16.5. The summed E-state index contributed by atoms with van der Waals surface area (Å²) in [6.07, 6.45) is 2.24. The molecule has 2 aromatic carbocycles. The molecule has 6 heteroatoms. The van der Waals surface area contributed by atoms with E-state index in [-0.39, 0.29) is 17.9 Å². The minimum atomic E-state index is -0.516. The molecule has 0 bridgehead atoms. The lowest BCUT2D eigenvalue weighted by Gasteiger charge is -2.31. The number of hydrogen-bond donors (Lipinski definition) is 1. The zero-order chi connectivity index (χ0) is 24.4. The lowest BCUT2D eigenvalue weighted by molar-refractivity contribution is -0.141. The van der Waals surface area contributed by atoms with E-state index in [4.69, 9.17) is 9.47 Å². The molecule has 2 aromatic rings. The number of aryl methyl sites for hydroxylation is 2. The standard InChI is InChI=1S/C27H38N2O4/c1-7-20(4)28-27(31)23(8-2)29(18-22-11-9-10-19(3)16-22)26(30)15-13-21-12-14-24(32-5)25(17-21)33-6/h9-12,14,16-17,20,23H,7-8,13,15,18H2,1-6H3,(H,28,31)/t20-,23-/m0/s1. The molecule has 0 aliphatic carbocycles. The normalized spacial score (nSPS) is 12.5. The monoisotopic (exact) mass is 454 g/mol. The Bertz CT molecular complexity index is 928. The van der Waals surface area contributed by atoms with Crippen molar-refractivity contribution < 1.29 is 19.1 Å². The number of ether oxygens (including phenoxy) is 2. The van der Waals surface area contributed by atoms with Crippen molar-refractivity contribution in [1.82, 2.24) is 10.2 Å². The van der Waals surface area contributed by atoms with Crippen LogP contribution in [0.25, 0.3) is 0 Å². The molecular weight excluding hydrogens is 416 g/mol. The van der Waals surface area contributed by atoms with Gasteiger partial charge in [0, 0.05) is 19.0 Å². The molecule has 0 radical (unpaired) electrons. The lowest BCUT2D eigenvalue weighted by atomic mass is 10.0. The van der Waals surface area contributed by atoms with E-state index in [9.17, 15) is 9.59 Å². The molecule has 0 fully saturated rings. The van der Waals surface area contributed by atoms with Gasteiger partial charge < -0.3 is 19.7 Å². The molecule has 6 nitrogen and oxygen atoms in total. The molecule has 0 unspecified atom stereocenters. The number of nitrogens with one attached hydrogen (secondary N) is 1. The fourth-order valence-electron chi connectivity index (χ4n) is 3.80. The number of carbonyl (C=O) groups excluding carboxylic acids is 2. The van der Waals surface area contributed by atoms with Crippen molar-refractivity contribution in [1.29, 1.82) is 0 Å². The number of rotatable bonds is 12. The van der Waals surface area contributed by atoms with Crippen molar-refractivity contribution in [3.05, 3.63) is 59.2 Å². The summed E-state index contributed by atoms with van der Waals surface area (Å²) in [6.45, 7) is 8.39. The Kier molecular flexibility index (Phi) is 10.2. The SMILES string of the molecule is CC[C@H](C)NC(=O)[C@H](CC)N(Cc1cccc(C)c1)C(=O)CCc1ccc(OC)c(OC)c1. The van der Waals surface area contributed by atoms with Crippen molar-refractivity contribution in [2.24, 2.45) is 0 Å². The molecule has 0 saturated heterocycles. The summed E-state index contributed by atoms with van der Waals surface area (Å²) in [7, 11) is 3.19. The third kappa shape index (κ3) is 7.52. The molecule has 0 saturated carbocycles. The lowest BCUT2D eigenvalue weighted by Crippen LogP contribution is -2.50. The predicted molar refractivity (Wildman–Crippen MR) is 132 cm³/mol. The van der Waals surface area contributed by atoms with E-state index in [0.29, 0.717) is 37.3 Å². The van der Waals surface area contributed by atoms with E-state index < -0.39 is 6.04 Å². The first kappa shape index (κ1) is 26.2. The van der Waals surface area contributed by atoms with Crippen LogP contribution in [0.3, 0.4) is 0 Å².